The number of nitrogens with zero attached hydrogens (tertiary/aromatic N) is 3. The molecule has 2 N–H and O–H groups in total. The van der Waals surface area contributed by atoms with Crippen molar-refractivity contribution in [3.63, 3.8) is 0 Å². The number of hydrogen-bond acceptors (Lipinski definition) is 8. The Morgan fingerprint density at radius 2 is 1.56 bits per heavy atom. The molecule has 4 heterocycles. The van der Waals surface area contributed by atoms with Gasteiger partial charge in [-0.1, -0.05) is 37.3 Å². The van der Waals surface area contributed by atoms with Gasteiger partial charge in [0.25, 0.3) is 0 Å². The predicted molar refractivity (Wildman–Crippen MR) is 160 cm³/mol. The van der Waals surface area contributed by atoms with E-state index in [1.165, 1.54) is 21.6 Å². The van der Waals surface area contributed by atoms with Gasteiger partial charge >= 0.3 is 12.1 Å². The van der Waals surface area contributed by atoms with E-state index in [0.29, 0.717) is 45.2 Å². The van der Waals surface area contributed by atoms with Crippen LogP contribution < -0.4 is 10.6 Å². The number of piperidine rings is 1. The average Bonchev–Trinajstić information content (AvgIpc) is 3.69. The van der Waals surface area contributed by atoms with Crippen LogP contribution >= 0.6 is 0 Å². The molecule has 5 rings (SSSR count). The first kappa shape index (κ1) is 32.2. The third-order valence-electron chi connectivity index (χ3n) is 9.23. The van der Waals surface area contributed by atoms with Crippen molar-refractivity contribution >= 4 is 35.7 Å². The Kier molecular flexibility index (Phi) is 9.93. The lowest BCUT2D eigenvalue weighted by molar-refractivity contribution is -0.162. The Morgan fingerprint density at radius 1 is 0.867 bits per heavy atom. The smallest absolute Gasteiger partial charge is 0.408 e. The van der Waals surface area contributed by atoms with Crippen molar-refractivity contribution in [3.8, 4) is 0 Å². The number of carbonyl (C=O) groups is 6. The quantitative estimate of drug-likeness (QED) is 0.477. The molecule has 4 saturated heterocycles. The van der Waals surface area contributed by atoms with Crippen LogP contribution in [0, 0.1) is 5.92 Å². The Balaban J connectivity index is 1.45. The zero-order chi connectivity index (χ0) is 32.2. The molecule has 5 amide bonds. The Morgan fingerprint density at radius 3 is 2.31 bits per heavy atom. The molecule has 1 aromatic rings. The van der Waals surface area contributed by atoms with Gasteiger partial charge in [0.05, 0.1) is 0 Å². The van der Waals surface area contributed by atoms with Crippen molar-refractivity contribution in [1.29, 1.82) is 0 Å². The molecular weight excluding hydrogens is 582 g/mol. The van der Waals surface area contributed by atoms with Crippen LogP contribution in [0.25, 0.3) is 0 Å². The van der Waals surface area contributed by atoms with Crippen molar-refractivity contribution in [1.82, 2.24) is 25.3 Å². The van der Waals surface area contributed by atoms with Gasteiger partial charge in [0, 0.05) is 19.6 Å². The molecular formula is C32H43N5O8. The van der Waals surface area contributed by atoms with Crippen LogP contribution in [0.15, 0.2) is 30.3 Å². The second-order valence-electron chi connectivity index (χ2n) is 12.6. The number of hydrogen-bond donors (Lipinski definition) is 2. The average molecular weight is 626 g/mol. The van der Waals surface area contributed by atoms with E-state index >= 15 is 0 Å². The van der Waals surface area contributed by atoms with Gasteiger partial charge in [-0.05, 0) is 63.9 Å². The molecule has 7 atom stereocenters. The molecule has 0 radical (unpaired) electrons. The van der Waals surface area contributed by atoms with E-state index in [2.05, 4.69) is 10.6 Å². The summed E-state index contributed by atoms with van der Waals surface area (Å²) in [6.45, 7) is 5.86. The van der Waals surface area contributed by atoms with Gasteiger partial charge < -0.3 is 34.8 Å². The fourth-order valence-corrected chi connectivity index (χ4v) is 6.86. The molecule has 1 unspecified atom stereocenters. The van der Waals surface area contributed by atoms with Crippen LogP contribution in [-0.4, -0.2) is 106 Å². The van der Waals surface area contributed by atoms with Crippen molar-refractivity contribution in [3.05, 3.63) is 35.9 Å². The zero-order valence-electron chi connectivity index (χ0n) is 26.1. The van der Waals surface area contributed by atoms with E-state index in [9.17, 15) is 28.8 Å². The highest BCUT2D eigenvalue weighted by molar-refractivity contribution is 5.97. The van der Waals surface area contributed by atoms with Crippen molar-refractivity contribution < 1.29 is 38.2 Å². The summed E-state index contributed by atoms with van der Waals surface area (Å²) in [6.07, 6.45) is 1.14. The van der Waals surface area contributed by atoms with Gasteiger partial charge in [0.2, 0.25) is 23.6 Å². The largest absolute Gasteiger partial charge is 0.458 e. The zero-order valence-corrected chi connectivity index (χ0v) is 26.1. The first-order valence-electron chi connectivity index (χ1n) is 15.9. The Labute approximate surface area is 262 Å². The van der Waals surface area contributed by atoms with Gasteiger partial charge in [0.15, 0.2) is 0 Å². The molecule has 1 aromatic carbocycles. The minimum atomic E-state index is -1.36. The van der Waals surface area contributed by atoms with Crippen molar-refractivity contribution in [2.24, 2.45) is 5.92 Å². The van der Waals surface area contributed by atoms with E-state index < -0.39 is 66.1 Å². The first-order chi connectivity index (χ1) is 21.5. The van der Waals surface area contributed by atoms with Crippen LogP contribution in [0.4, 0.5) is 4.79 Å². The maximum absolute atomic E-state index is 14.1. The van der Waals surface area contributed by atoms with E-state index in [-0.39, 0.29) is 25.0 Å². The normalized spacial score (nSPS) is 31.5. The summed E-state index contributed by atoms with van der Waals surface area (Å²) in [4.78, 5) is 86.0. The summed E-state index contributed by atoms with van der Waals surface area (Å²) in [5, 5.41) is 5.37. The fraction of sp³-hybridized carbons (Fsp3) is 0.625. The Hall–Kier alpha value is -4.16. The summed E-state index contributed by atoms with van der Waals surface area (Å²) in [7, 11) is 0. The van der Waals surface area contributed by atoms with Crippen molar-refractivity contribution in [2.75, 3.05) is 19.6 Å². The third kappa shape index (κ3) is 7.07. The lowest BCUT2D eigenvalue weighted by Crippen LogP contribution is -2.62. The standard InChI is InChI=1S/C32H43N5O8/c1-19-16-25-31(42)45-21(3)26(34-32(43)44-18-22-10-5-4-6-11-22)30(41)36-15-9-13-24(36)29(40)35-14-8-7-12-23(35)27(38)33-20(2)28(39)37(25)17-19/h4-6,10-11,19-21,23-26H,7-9,12-18H2,1-3H3,(H,33,38)(H,34,43)/t19-,20-,21-,23-,24-,25-,26?/m0/s1. The van der Waals surface area contributed by atoms with Crippen LogP contribution in [0.5, 0.6) is 0 Å². The lowest BCUT2D eigenvalue weighted by Gasteiger charge is -2.39. The molecule has 244 valence electrons. The number of alkyl carbamates (subject to hydrolysis) is 1. The number of cyclic esters (lactones) is 1. The minimum absolute atomic E-state index is 0.00729. The molecule has 0 spiro atoms. The summed E-state index contributed by atoms with van der Waals surface area (Å²) in [6, 6.07) is 4.19. The molecule has 0 bridgehead atoms. The van der Waals surface area contributed by atoms with Gasteiger partial charge in [-0.2, -0.15) is 0 Å². The molecule has 0 saturated carbocycles. The number of benzene rings is 1. The fourth-order valence-electron chi connectivity index (χ4n) is 6.86. The molecule has 45 heavy (non-hydrogen) atoms. The number of rotatable bonds is 3. The highest BCUT2D eigenvalue weighted by Crippen LogP contribution is 2.28. The molecule has 13 heteroatoms. The SMILES string of the molecule is C[C@H]1C[C@H]2C(=O)O[C@@H](C)C(NC(=O)OCc3ccccc3)C(=O)N3CCC[C@H]3C(=O)N3CCCC[C@H]3C(=O)N[C@@H](C)C(=O)N2C1. The van der Waals surface area contributed by atoms with E-state index in [1.807, 2.05) is 25.1 Å². The third-order valence-corrected chi connectivity index (χ3v) is 9.23. The van der Waals surface area contributed by atoms with Crippen LogP contribution in [0.3, 0.4) is 0 Å². The summed E-state index contributed by atoms with van der Waals surface area (Å²) < 4.78 is 11.2. The summed E-state index contributed by atoms with van der Waals surface area (Å²) in [5.74, 6) is -2.53. The van der Waals surface area contributed by atoms with Gasteiger partial charge in [-0.3, -0.25) is 19.2 Å². The minimum Gasteiger partial charge on any atom is -0.458 e. The molecule has 4 aliphatic rings. The molecule has 4 fully saturated rings. The highest BCUT2D eigenvalue weighted by Gasteiger charge is 2.47. The monoisotopic (exact) mass is 625 g/mol. The predicted octanol–water partition coefficient (Wildman–Crippen LogP) is 1.34. The number of amides is 5. The molecule has 0 aliphatic carbocycles. The number of carbonyl (C=O) groups excluding carboxylic acids is 6. The first-order valence-corrected chi connectivity index (χ1v) is 15.9. The van der Waals surface area contributed by atoms with E-state index in [1.54, 1.807) is 19.1 Å². The van der Waals surface area contributed by atoms with E-state index in [4.69, 9.17) is 9.47 Å². The lowest BCUT2D eigenvalue weighted by atomic mass is 9.99. The van der Waals surface area contributed by atoms with Gasteiger partial charge in [0.1, 0.15) is 42.9 Å². The molecule has 13 nitrogen and oxygen atoms in total. The number of esters is 1. The van der Waals surface area contributed by atoms with E-state index in [0.717, 1.165) is 12.0 Å². The molecule has 4 aliphatic heterocycles. The second-order valence-corrected chi connectivity index (χ2v) is 12.6. The second kappa shape index (κ2) is 13.9. The van der Waals surface area contributed by atoms with Gasteiger partial charge in [-0.25, -0.2) is 9.59 Å². The Bertz CT molecular complexity index is 1310. The summed E-state index contributed by atoms with van der Waals surface area (Å²) >= 11 is 0. The van der Waals surface area contributed by atoms with Gasteiger partial charge in [-0.15, -0.1) is 0 Å². The van der Waals surface area contributed by atoms with Crippen LogP contribution in [-0.2, 0) is 40.1 Å². The number of fused-ring (bicyclic) bond motifs is 3. The number of ether oxygens (including phenoxy) is 2. The maximum atomic E-state index is 14.1. The number of nitrogens with one attached hydrogen (secondary N) is 2. The topological polar surface area (TPSA) is 155 Å². The highest BCUT2D eigenvalue weighted by atomic mass is 16.6. The van der Waals surface area contributed by atoms with Crippen molar-refractivity contribution in [2.45, 2.75) is 102 Å². The van der Waals surface area contributed by atoms with Crippen LogP contribution in [0.1, 0.15) is 64.9 Å². The summed E-state index contributed by atoms with van der Waals surface area (Å²) in [5.41, 5.74) is 0.746. The molecule has 0 aromatic heterocycles. The van der Waals surface area contributed by atoms with Crippen LogP contribution in [0.2, 0.25) is 0 Å². The maximum Gasteiger partial charge on any atom is 0.408 e.